The Morgan fingerprint density at radius 2 is 2.13 bits per heavy atom. The molecule has 0 saturated heterocycles. The van der Waals surface area contributed by atoms with Gasteiger partial charge in [0.2, 0.25) is 0 Å². The van der Waals surface area contributed by atoms with E-state index in [0.29, 0.717) is 6.61 Å². The Labute approximate surface area is 91.4 Å². The lowest BCUT2D eigenvalue weighted by molar-refractivity contribution is 0.240. The van der Waals surface area contributed by atoms with Crippen LogP contribution in [-0.4, -0.2) is 20.3 Å². The molecule has 0 bridgehead atoms. The molecule has 0 unspecified atom stereocenters. The van der Waals surface area contributed by atoms with Crippen molar-refractivity contribution in [3.8, 4) is 11.8 Å². The van der Waals surface area contributed by atoms with Gasteiger partial charge in [-0.3, -0.25) is 0 Å². The molecule has 0 atom stereocenters. The summed E-state index contributed by atoms with van der Waals surface area (Å²) in [5.74, 6) is 6.07. The van der Waals surface area contributed by atoms with Crippen LogP contribution < -0.4 is 5.73 Å². The van der Waals surface area contributed by atoms with E-state index >= 15 is 0 Å². The molecule has 0 aliphatic rings. The van der Waals surface area contributed by atoms with E-state index in [1.54, 1.807) is 7.11 Å². The van der Waals surface area contributed by atoms with E-state index in [1.165, 1.54) is 5.56 Å². The average molecular weight is 203 g/mol. The van der Waals surface area contributed by atoms with Crippen LogP contribution in [0.3, 0.4) is 0 Å². The van der Waals surface area contributed by atoms with Crippen molar-refractivity contribution in [3.05, 3.63) is 35.4 Å². The molecule has 2 nitrogen and oxygen atoms in total. The van der Waals surface area contributed by atoms with E-state index in [0.717, 1.165) is 24.9 Å². The Kier molecular flexibility index (Phi) is 5.54. The van der Waals surface area contributed by atoms with Gasteiger partial charge in [-0.15, -0.1) is 0 Å². The number of hydrogen-bond acceptors (Lipinski definition) is 2. The van der Waals surface area contributed by atoms with Crippen molar-refractivity contribution >= 4 is 0 Å². The van der Waals surface area contributed by atoms with Crippen LogP contribution in [0, 0.1) is 11.8 Å². The van der Waals surface area contributed by atoms with Gasteiger partial charge in [-0.25, -0.2) is 0 Å². The molecule has 1 aromatic carbocycles. The summed E-state index contributed by atoms with van der Waals surface area (Å²) in [6, 6.07) is 8.18. The second kappa shape index (κ2) is 7.05. The van der Waals surface area contributed by atoms with E-state index in [9.17, 15) is 0 Å². The number of rotatable bonds is 4. The fourth-order valence-corrected chi connectivity index (χ4v) is 1.36. The van der Waals surface area contributed by atoms with Crippen LogP contribution in [0.5, 0.6) is 0 Å². The lowest BCUT2D eigenvalue weighted by Gasteiger charge is -2.02. The summed E-state index contributed by atoms with van der Waals surface area (Å²) >= 11 is 0. The highest BCUT2D eigenvalue weighted by molar-refractivity contribution is 5.41. The van der Waals surface area contributed by atoms with Gasteiger partial charge in [-0.05, 0) is 31.0 Å². The van der Waals surface area contributed by atoms with Gasteiger partial charge in [-0.2, -0.15) is 0 Å². The third-order valence-corrected chi connectivity index (χ3v) is 2.11. The van der Waals surface area contributed by atoms with Crippen molar-refractivity contribution in [1.29, 1.82) is 0 Å². The minimum Gasteiger partial charge on any atom is -0.372 e. The first-order chi connectivity index (χ1) is 7.38. The lowest BCUT2D eigenvalue weighted by atomic mass is 10.0. The zero-order valence-corrected chi connectivity index (χ0v) is 9.12. The van der Waals surface area contributed by atoms with Crippen molar-refractivity contribution in [2.24, 2.45) is 5.73 Å². The number of hydrogen-bond donors (Lipinski definition) is 1. The highest BCUT2D eigenvalue weighted by atomic mass is 16.5. The van der Waals surface area contributed by atoms with Crippen molar-refractivity contribution in [1.82, 2.24) is 0 Å². The minimum absolute atomic E-state index is 0.477. The number of aryl methyl sites for hydroxylation is 1. The Balaban J connectivity index is 2.73. The predicted molar refractivity (Wildman–Crippen MR) is 62.6 cm³/mol. The van der Waals surface area contributed by atoms with Crippen LogP contribution in [-0.2, 0) is 11.2 Å². The van der Waals surface area contributed by atoms with Crippen LogP contribution in [0.4, 0.5) is 0 Å². The zero-order chi connectivity index (χ0) is 10.9. The SMILES string of the molecule is COCC#Cc1ccccc1CCCN. The van der Waals surface area contributed by atoms with Gasteiger partial charge < -0.3 is 10.5 Å². The molecule has 0 spiro atoms. The maximum absolute atomic E-state index is 5.49. The second-order valence-electron chi connectivity index (χ2n) is 3.28. The van der Waals surface area contributed by atoms with Gasteiger partial charge in [0.25, 0.3) is 0 Å². The molecule has 80 valence electrons. The summed E-state index contributed by atoms with van der Waals surface area (Å²) < 4.78 is 4.89. The first-order valence-electron chi connectivity index (χ1n) is 5.14. The van der Waals surface area contributed by atoms with Gasteiger partial charge in [0.05, 0.1) is 0 Å². The number of nitrogens with two attached hydrogens (primary N) is 1. The highest BCUT2D eigenvalue weighted by Crippen LogP contribution is 2.09. The average Bonchev–Trinajstić information content (AvgIpc) is 2.28. The normalized spacial score (nSPS) is 9.47. The molecule has 2 heteroatoms. The molecule has 1 aromatic rings. The van der Waals surface area contributed by atoms with Crippen LogP contribution >= 0.6 is 0 Å². The molecular weight excluding hydrogens is 186 g/mol. The molecule has 0 aromatic heterocycles. The Morgan fingerprint density at radius 1 is 1.33 bits per heavy atom. The van der Waals surface area contributed by atoms with Gasteiger partial charge in [-0.1, -0.05) is 30.0 Å². The maximum atomic E-state index is 5.49. The molecular formula is C13H17NO. The summed E-state index contributed by atoms with van der Waals surface area (Å²) in [5.41, 5.74) is 7.85. The third kappa shape index (κ3) is 4.16. The second-order valence-corrected chi connectivity index (χ2v) is 3.28. The quantitative estimate of drug-likeness (QED) is 0.754. The summed E-state index contributed by atoms with van der Waals surface area (Å²) in [6.45, 7) is 1.20. The van der Waals surface area contributed by atoms with Crippen molar-refractivity contribution < 1.29 is 4.74 Å². The Bertz CT molecular complexity index is 349. The molecule has 0 aliphatic heterocycles. The molecule has 15 heavy (non-hydrogen) atoms. The van der Waals surface area contributed by atoms with Crippen molar-refractivity contribution in [2.45, 2.75) is 12.8 Å². The monoisotopic (exact) mass is 203 g/mol. The van der Waals surface area contributed by atoms with Gasteiger partial charge in [0, 0.05) is 12.7 Å². The maximum Gasteiger partial charge on any atom is 0.107 e. The molecule has 0 fully saturated rings. The van der Waals surface area contributed by atoms with Crippen molar-refractivity contribution in [2.75, 3.05) is 20.3 Å². The van der Waals surface area contributed by atoms with E-state index in [1.807, 2.05) is 18.2 Å². The zero-order valence-electron chi connectivity index (χ0n) is 9.12. The number of ether oxygens (including phenoxy) is 1. The summed E-state index contributed by atoms with van der Waals surface area (Å²) in [6.07, 6.45) is 2.00. The summed E-state index contributed by atoms with van der Waals surface area (Å²) in [4.78, 5) is 0. The molecule has 0 aliphatic carbocycles. The highest BCUT2D eigenvalue weighted by Gasteiger charge is 1.97. The number of methoxy groups -OCH3 is 1. The van der Waals surface area contributed by atoms with Gasteiger partial charge >= 0.3 is 0 Å². The Morgan fingerprint density at radius 3 is 2.87 bits per heavy atom. The van der Waals surface area contributed by atoms with E-state index < -0.39 is 0 Å². The van der Waals surface area contributed by atoms with Gasteiger partial charge in [0.1, 0.15) is 6.61 Å². The van der Waals surface area contributed by atoms with Crippen LogP contribution in [0.25, 0.3) is 0 Å². The van der Waals surface area contributed by atoms with Crippen LogP contribution in [0.2, 0.25) is 0 Å². The third-order valence-electron chi connectivity index (χ3n) is 2.11. The molecule has 0 saturated carbocycles. The fourth-order valence-electron chi connectivity index (χ4n) is 1.36. The summed E-state index contributed by atoms with van der Waals surface area (Å²) in [5, 5.41) is 0. The lowest BCUT2D eigenvalue weighted by Crippen LogP contribution is -2.01. The fraction of sp³-hybridized carbons (Fsp3) is 0.385. The van der Waals surface area contributed by atoms with E-state index in [4.69, 9.17) is 10.5 Å². The molecule has 0 radical (unpaired) electrons. The Hall–Kier alpha value is -1.30. The minimum atomic E-state index is 0.477. The molecule has 0 amide bonds. The number of benzene rings is 1. The summed E-state index contributed by atoms with van der Waals surface area (Å²) in [7, 11) is 1.65. The molecule has 2 N–H and O–H groups in total. The predicted octanol–water partition coefficient (Wildman–Crippen LogP) is 1.58. The molecule has 1 rings (SSSR count). The van der Waals surface area contributed by atoms with Gasteiger partial charge in [0.15, 0.2) is 0 Å². The van der Waals surface area contributed by atoms with E-state index in [-0.39, 0.29) is 0 Å². The first kappa shape index (κ1) is 11.8. The smallest absolute Gasteiger partial charge is 0.107 e. The van der Waals surface area contributed by atoms with Crippen LogP contribution in [0.15, 0.2) is 24.3 Å². The van der Waals surface area contributed by atoms with Crippen LogP contribution in [0.1, 0.15) is 17.5 Å². The standard InChI is InChI=1S/C13H17NO/c1-15-11-5-9-13-7-3-2-6-12(13)8-4-10-14/h2-3,6-7H,4,8,10-11,14H2,1H3. The van der Waals surface area contributed by atoms with E-state index in [2.05, 4.69) is 17.9 Å². The topological polar surface area (TPSA) is 35.2 Å². The first-order valence-corrected chi connectivity index (χ1v) is 5.14. The largest absolute Gasteiger partial charge is 0.372 e. The van der Waals surface area contributed by atoms with Crippen molar-refractivity contribution in [3.63, 3.8) is 0 Å². The molecule has 0 heterocycles.